The third-order valence-electron chi connectivity index (χ3n) is 4.89. The molecular formula is C19H26ClFN4O4S2. The molecule has 8 nitrogen and oxygen atoms in total. The molecule has 0 amide bonds. The van der Waals surface area contributed by atoms with E-state index in [0.29, 0.717) is 17.4 Å². The lowest BCUT2D eigenvalue weighted by molar-refractivity contribution is -0.122. The van der Waals surface area contributed by atoms with Crippen molar-refractivity contribution in [2.75, 3.05) is 24.1 Å². The van der Waals surface area contributed by atoms with Crippen LogP contribution in [0.3, 0.4) is 0 Å². The van der Waals surface area contributed by atoms with Crippen molar-refractivity contribution < 1.29 is 22.7 Å². The summed E-state index contributed by atoms with van der Waals surface area (Å²) >= 11 is 7.45. The summed E-state index contributed by atoms with van der Waals surface area (Å²) in [7, 11) is -0.0801. The lowest BCUT2D eigenvalue weighted by Gasteiger charge is -2.37. The molecular weight excluding hydrogens is 467 g/mol. The Bertz CT molecular complexity index is 1000. The van der Waals surface area contributed by atoms with Gasteiger partial charge >= 0.3 is 0 Å². The van der Waals surface area contributed by atoms with E-state index < -0.39 is 20.7 Å². The van der Waals surface area contributed by atoms with E-state index in [4.69, 9.17) is 21.5 Å². The highest BCUT2D eigenvalue weighted by Crippen LogP contribution is 2.32. The van der Waals surface area contributed by atoms with Crippen LogP contribution in [0, 0.1) is 12.7 Å². The second kappa shape index (κ2) is 11.1. The Kier molecular flexibility index (Phi) is 9.04. The highest BCUT2D eigenvalue weighted by molar-refractivity contribution is 7.93. The van der Waals surface area contributed by atoms with E-state index in [2.05, 4.69) is 19.9 Å². The predicted molar refractivity (Wildman–Crippen MR) is 121 cm³/mol. The minimum Gasteiger partial charge on any atom is -0.483 e. The van der Waals surface area contributed by atoms with E-state index in [9.17, 15) is 12.8 Å². The fraction of sp³-hybridized carbons (Fsp3) is 0.474. The van der Waals surface area contributed by atoms with Gasteiger partial charge in [-0.1, -0.05) is 24.4 Å². The maximum absolute atomic E-state index is 14.7. The van der Waals surface area contributed by atoms with Gasteiger partial charge in [0.25, 0.3) is 16.5 Å². The van der Waals surface area contributed by atoms with Crippen LogP contribution >= 0.6 is 22.9 Å². The summed E-state index contributed by atoms with van der Waals surface area (Å²) < 4.78 is 42.1. The van der Waals surface area contributed by atoms with Gasteiger partial charge < -0.3 is 15.3 Å². The van der Waals surface area contributed by atoms with Crippen LogP contribution in [-0.4, -0.2) is 56.1 Å². The predicted octanol–water partition coefficient (Wildman–Crippen LogP) is 4.03. The molecule has 12 heteroatoms. The summed E-state index contributed by atoms with van der Waals surface area (Å²) in [5.41, 5.74) is 1.09. The molecule has 3 N–H and O–H groups in total. The molecule has 2 atom stereocenters. The number of carbonyl (C=O) groups is 1. The number of nitrogens with one attached hydrogen (secondary N) is 2. The molecule has 2 aromatic rings. The molecule has 3 rings (SSSR count). The summed E-state index contributed by atoms with van der Waals surface area (Å²) in [5, 5.41) is 12.3. The van der Waals surface area contributed by atoms with E-state index in [1.54, 1.807) is 12.3 Å². The van der Waals surface area contributed by atoms with Gasteiger partial charge in [0.15, 0.2) is 5.13 Å². The second-order valence-corrected chi connectivity index (χ2v) is 10.2. The van der Waals surface area contributed by atoms with Crippen LogP contribution in [0.15, 0.2) is 22.4 Å². The Balaban J connectivity index is 0.00000107. The number of carboxylic acid groups (broad SMARTS) is 1. The number of halogens is 2. The molecule has 0 spiro atoms. The van der Waals surface area contributed by atoms with Crippen LogP contribution in [0.25, 0.3) is 0 Å². The lowest BCUT2D eigenvalue weighted by atomic mass is 9.89. The van der Waals surface area contributed by atoms with Crippen LogP contribution in [0.5, 0.6) is 0 Å². The van der Waals surface area contributed by atoms with Gasteiger partial charge in [-0.15, -0.1) is 11.3 Å². The van der Waals surface area contributed by atoms with Gasteiger partial charge in [0.05, 0.1) is 16.4 Å². The quantitative estimate of drug-likeness (QED) is 0.522. The van der Waals surface area contributed by atoms with E-state index in [1.807, 2.05) is 14.1 Å². The van der Waals surface area contributed by atoms with Crippen molar-refractivity contribution in [3.8, 4) is 0 Å². The van der Waals surface area contributed by atoms with Crippen molar-refractivity contribution in [1.82, 2.24) is 9.88 Å². The summed E-state index contributed by atoms with van der Waals surface area (Å²) in [4.78, 5) is 14.1. The number of benzene rings is 1. The molecule has 1 heterocycles. The standard InChI is InChI=1S/C18H24ClFN4O2S2.CH2O2/c1-11-10-27-18(21-11)23-28(25,26)17-8-12(19)15(9-13(17)20)22-14-6-4-5-7-16(14)24(2)3;2-1-3/h8-10,14,16,22H,4-7H2,1-3H3,(H,21,23);1H,(H,2,3)/t14-,16-;/m0./s1. The number of aryl methyl sites for hydroxylation is 1. The minimum atomic E-state index is -4.12. The topological polar surface area (TPSA) is 112 Å². The molecule has 1 aromatic carbocycles. The maximum Gasteiger partial charge on any atom is 0.290 e. The first-order chi connectivity index (χ1) is 14.6. The molecule has 1 aliphatic rings. The number of likely N-dealkylation sites (N-methyl/N-ethyl adjacent to an activating group) is 1. The van der Waals surface area contributed by atoms with Crippen LogP contribution < -0.4 is 10.0 Å². The van der Waals surface area contributed by atoms with Crippen molar-refractivity contribution in [3.63, 3.8) is 0 Å². The van der Waals surface area contributed by atoms with Crippen LogP contribution in [0.1, 0.15) is 31.4 Å². The van der Waals surface area contributed by atoms with Crippen molar-refractivity contribution in [3.05, 3.63) is 34.0 Å². The summed E-state index contributed by atoms with van der Waals surface area (Å²) in [6, 6.07) is 2.74. The number of hydrogen-bond donors (Lipinski definition) is 3. The number of hydrogen-bond acceptors (Lipinski definition) is 7. The molecule has 172 valence electrons. The molecule has 1 aliphatic carbocycles. The minimum absolute atomic E-state index is 0.125. The van der Waals surface area contributed by atoms with Gasteiger partial charge in [0, 0.05) is 17.5 Å². The van der Waals surface area contributed by atoms with E-state index >= 15 is 0 Å². The zero-order valence-electron chi connectivity index (χ0n) is 17.4. The van der Waals surface area contributed by atoms with Crippen LogP contribution in [0.2, 0.25) is 5.02 Å². The Morgan fingerprint density at radius 2 is 1.97 bits per heavy atom. The first-order valence-electron chi connectivity index (χ1n) is 9.53. The molecule has 0 bridgehead atoms. The van der Waals surface area contributed by atoms with Gasteiger partial charge in [-0.3, -0.25) is 9.52 Å². The third-order valence-corrected chi connectivity index (χ3v) is 7.56. The fourth-order valence-corrected chi connectivity index (χ4v) is 5.82. The summed E-state index contributed by atoms with van der Waals surface area (Å²) in [5.74, 6) is -0.857. The monoisotopic (exact) mass is 492 g/mol. The van der Waals surface area contributed by atoms with Crippen LogP contribution in [0.4, 0.5) is 15.2 Å². The number of rotatable bonds is 6. The van der Waals surface area contributed by atoms with Gasteiger partial charge in [0.1, 0.15) is 10.7 Å². The number of sulfonamides is 1. The molecule has 1 saturated carbocycles. The van der Waals surface area contributed by atoms with E-state index in [-0.39, 0.29) is 22.7 Å². The van der Waals surface area contributed by atoms with Gasteiger partial charge in [-0.2, -0.15) is 0 Å². The van der Waals surface area contributed by atoms with Crippen LogP contribution in [-0.2, 0) is 14.8 Å². The normalized spacial score (nSPS) is 18.8. The fourth-order valence-electron chi connectivity index (χ4n) is 3.51. The number of aromatic nitrogens is 1. The summed E-state index contributed by atoms with van der Waals surface area (Å²) in [6.45, 7) is 1.50. The lowest BCUT2D eigenvalue weighted by Crippen LogP contribution is -2.45. The third kappa shape index (κ3) is 6.76. The molecule has 1 fully saturated rings. The Morgan fingerprint density at radius 1 is 1.32 bits per heavy atom. The second-order valence-electron chi connectivity index (χ2n) is 7.33. The SMILES string of the molecule is Cc1csc(NS(=O)(=O)c2cc(Cl)c(N[C@H]3CCCC[C@@H]3N(C)C)cc2F)n1.O=CO. The van der Waals surface area contributed by atoms with Gasteiger partial charge in [0.2, 0.25) is 0 Å². The molecule has 31 heavy (non-hydrogen) atoms. The first kappa shape index (κ1) is 25.3. The Morgan fingerprint density at radius 3 is 2.55 bits per heavy atom. The van der Waals surface area contributed by atoms with Crippen molar-refractivity contribution >= 4 is 50.3 Å². The first-order valence-corrected chi connectivity index (χ1v) is 12.3. The smallest absolute Gasteiger partial charge is 0.290 e. The largest absolute Gasteiger partial charge is 0.483 e. The Labute approximate surface area is 190 Å². The summed E-state index contributed by atoms with van der Waals surface area (Å²) in [6.07, 6.45) is 4.24. The molecule has 1 aromatic heterocycles. The van der Waals surface area contributed by atoms with Gasteiger partial charge in [-0.05, 0) is 46.0 Å². The average molecular weight is 493 g/mol. The van der Waals surface area contributed by atoms with E-state index in [0.717, 1.165) is 49.2 Å². The highest BCUT2D eigenvalue weighted by atomic mass is 35.5. The van der Waals surface area contributed by atoms with Gasteiger partial charge in [-0.25, -0.2) is 17.8 Å². The number of anilines is 2. The zero-order chi connectivity index (χ0) is 23.2. The zero-order valence-corrected chi connectivity index (χ0v) is 19.8. The van der Waals surface area contributed by atoms with E-state index in [1.165, 1.54) is 0 Å². The molecule has 0 saturated heterocycles. The van der Waals surface area contributed by atoms with Crippen molar-refractivity contribution in [2.24, 2.45) is 0 Å². The average Bonchev–Trinajstić information content (AvgIpc) is 3.09. The highest BCUT2D eigenvalue weighted by Gasteiger charge is 2.28. The number of thiazole rings is 1. The molecule has 0 aliphatic heterocycles. The molecule has 0 unspecified atom stereocenters. The van der Waals surface area contributed by atoms with Crippen molar-refractivity contribution in [2.45, 2.75) is 49.6 Å². The number of nitrogens with zero attached hydrogens (tertiary/aromatic N) is 2. The maximum atomic E-state index is 14.7. The van der Waals surface area contributed by atoms with Crippen molar-refractivity contribution in [1.29, 1.82) is 0 Å². The Hall–Kier alpha value is -1.95. The molecule has 0 radical (unpaired) electrons.